The molecule has 6 heteroatoms. The normalized spacial score (nSPS) is 14.3. The lowest BCUT2D eigenvalue weighted by Crippen LogP contribution is -2.39. The zero-order valence-electron chi connectivity index (χ0n) is 15.5. The average Bonchev–Trinajstić information content (AvgIpc) is 2.67. The zero-order chi connectivity index (χ0) is 19.4. The Kier molecular flexibility index (Phi) is 5.74. The topological polar surface area (TPSA) is 58.6 Å². The second-order valence-corrected chi connectivity index (χ2v) is 6.63. The van der Waals surface area contributed by atoms with E-state index >= 15 is 0 Å². The molecule has 2 aromatic carbocycles. The number of halogens is 1. The molecule has 3 rings (SSSR count). The third-order valence-electron chi connectivity index (χ3n) is 4.74. The largest absolute Gasteiger partial charge is 0.497 e. The van der Waals surface area contributed by atoms with Gasteiger partial charge in [0, 0.05) is 13.5 Å². The van der Waals surface area contributed by atoms with Crippen molar-refractivity contribution in [1.82, 2.24) is 5.32 Å². The summed E-state index contributed by atoms with van der Waals surface area (Å²) in [4.78, 5) is 26.1. The summed E-state index contributed by atoms with van der Waals surface area (Å²) in [6.07, 6.45) is 1.60. The molecule has 1 atom stereocenters. The minimum Gasteiger partial charge on any atom is -0.497 e. The molecule has 0 radical (unpaired) electrons. The third kappa shape index (κ3) is 4.27. The summed E-state index contributed by atoms with van der Waals surface area (Å²) < 4.78 is 19.5. The third-order valence-corrected chi connectivity index (χ3v) is 4.74. The van der Waals surface area contributed by atoms with Gasteiger partial charge in [0.05, 0.1) is 25.3 Å². The van der Waals surface area contributed by atoms with Crippen molar-refractivity contribution < 1.29 is 18.7 Å². The van der Waals surface area contributed by atoms with E-state index in [0.29, 0.717) is 18.0 Å². The van der Waals surface area contributed by atoms with Gasteiger partial charge in [-0.15, -0.1) is 0 Å². The first-order chi connectivity index (χ1) is 13.0. The number of ether oxygens (including phenoxy) is 1. The van der Waals surface area contributed by atoms with Crippen molar-refractivity contribution in [1.29, 1.82) is 0 Å². The van der Waals surface area contributed by atoms with E-state index in [4.69, 9.17) is 4.74 Å². The molecule has 1 unspecified atom stereocenters. The summed E-state index contributed by atoms with van der Waals surface area (Å²) in [5, 5.41) is 2.82. The molecule has 0 bridgehead atoms. The van der Waals surface area contributed by atoms with Crippen LogP contribution < -0.4 is 15.0 Å². The van der Waals surface area contributed by atoms with E-state index in [-0.39, 0.29) is 24.1 Å². The number of anilines is 1. The Labute approximate surface area is 158 Å². The number of nitrogens with one attached hydrogen (secondary N) is 1. The molecule has 1 N–H and O–H groups in total. The SMILES string of the molecule is COc1ccc(C(CC(=O)N2CCCc3cccc(F)c32)NC(C)=O)cc1. The number of hydrogen-bond acceptors (Lipinski definition) is 3. The van der Waals surface area contributed by atoms with E-state index in [1.54, 1.807) is 25.3 Å². The first kappa shape index (κ1) is 18.9. The molecule has 0 aromatic heterocycles. The fourth-order valence-electron chi connectivity index (χ4n) is 3.47. The van der Waals surface area contributed by atoms with Gasteiger partial charge in [0.2, 0.25) is 11.8 Å². The van der Waals surface area contributed by atoms with Crippen molar-refractivity contribution >= 4 is 17.5 Å². The van der Waals surface area contributed by atoms with E-state index in [1.807, 2.05) is 18.2 Å². The Morgan fingerprint density at radius 3 is 2.63 bits per heavy atom. The van der Waals surface area contributed by atoms with Crippen LogP contribution in [0.15, 0.2) is 42.5 Å². The molecule has 2 aromatic rings. The Bertz CT molecular complexity index is 836. The van der Waals surface area contributed by atoms with Gasteiger partial charge in [-0.25, -0.2) is 4.39 Å². The van der Waals surface area contributed by atoms with Crippen LogP contribution in [0.5, 0.6) is 5.75 Å². The number of hydrogen-bond donors (Lipinski definition) is 1. The highest BCUT2D eigenvalue weighted by atomic mass is 19.1. The van der Waals surface area contributed by atoms with E-state index in [2.05, 4.69) is 5.32 Å². The molecule has 2 amide bonds. The molecule has 27 heavy (non-hydrogen) atoms. The quantitative estimate of drug-likeness (QED) is 0.878. The standard InChI is InChI=1S/C21H23FN2O3/c1-14(25)23-19(15-8-10-17(27-2)11-9-15)13-20(26)24-12-4-6-16-5-3-7-18(22)21(16)24/h3,5,7-11,19H,4,6,12-13H2,1-2H3,(H,23,25). The number of carbonyl (C=O) groups excluding carboxylic acids is 2. The number of carbonyl (C=O) groups is 2. The van der Waals surface area contributed by atoms with Crippen molar-refractivity contribution in [2.24, 2.45) is 0 Å². The molecule has 1 heterocycles. The van der Waals surface area contributed by atoms with Crippen LogP contribution in [0.1, 0.15) is 36.9 Å². The molecule has 5 nitrogen and oxygen atoms in total. The molecule has 1 aliphatic heterocycles. The highest BCUT2D eigenvalue weighted by Gasteiger charge is 2.28. The molecule has 0 fully saturated rings. The number of amides is 2. The summed E-state index contributed by atoms with van der Waals surface area (Å²) in [5.74, 6) is -0.135. The van der Waals surface area contributed by atoms with Gasteiger partial charge in [0.15, 0.2) is 0 Å². The van der Waals surface area contributed by atoms with Gasteiger partial charge in [-0.05, 0) is 42.2 Å². The number of methoxy groups -OCH3 is 1. The molecular weight excluding hydrogens is 347 g/mol. The van der Waals surface area contributed by atoms with Gasteiger partial charge in [0.25, 0.3) is 0 Å². The lowest BCUT2D eigenvalue weighted by atomic mass is 9.98. The van der Waals surface area contributed by atoms with Crippen molar-refractivity contribution in [2.75, 3.05) is 18.6 Å². The van der Waals surface area contributed by atoms with Crippen LogP contribution in [0.2, 0.25) is 0 Å². The first-order valence-corrected chi connectivity index (χ1v) is 8.98. The highest BCUT2D eigenvalue weighted by Crippen LogP contribution is 2.31. The number of aryl methyl sites for hydroxylation is 1. The molecule has 0 spiro atoms. The highest BCUT2D eigenvalue weighted by molar-refractivity contribution is 5.95. The Morgan fingerprint density at radius 1 is 1.22 bits per heavy atom. The minimum atomic E-state index is -0.488. The summed E-state index contributed by atoms with van der Waals surface area (Å²) >= 11 is 0. The maximum Gasteiger partial charge on any atom is 0.229 e. The van der Waals surface area contributed by atoms with Crippen molar-refractivity contribution in [3.05, 3.63) is 59.4 Å². The van der Waals surface area contributed by atoms with Gasteiger partial charge in [-0.2, -0.15) is 0 Å². The smallest absolute Gasteiger partial charge is 0.229 e. The second kappa shape index (κ2) is 8.20. The molecule has 1 aliphatic rings. The van der Waals surface area contributed by atoms with Crippen LogP contribution in [0.25, 0.3) is 0 Å². The average molecular weight is 370 g/mol. The van der Waals surface area contributed by atoms with E-state index < -0.39 is 6.04 Å². The van der Waals surface area contributed by atoms with E-state index in [9.17, 15) is 14.0 Å². The molecule has 142 valence electrons. The maximum absolute atomic E-state index is 14.4. The second-order valence-electron chi connectivity index (χ2n) is 6.63. The van der Waals surface area contributed by atoms with E-state index in [1.165, 1.54) is 17.9 Å². The van der Waals surface area contributed by atoms with Crippen LogP contribution in [-0.4, -0.2) is 25.5 Å². The lowest BCUT2D eigenvalue weighted by Gasteiger charge is -2.31. The Balaban J connectivity index is 1.84. The first-order valence-electron chi connectivity index (χ1n) is 8.98. The number of benzene rings is 2. The fourth-order valence-corrected chi connectivity index (χ4v) is 3.47. The maximum atomic E-state index is 14.4. The predicted octanol–water partition coefficient (Wildman–Crippen LogP) is 3.38. The Hall–Kier alpha value is -2.89. The van der Waals surface area contributed by atoms with Crippen LogP contribution in [0, 0.1) is 5.82 Å². The number of fused-ring (bicyclic) bond motifs is 1. The van der Waals surface area contributed by atoms with Gasteiger partial charge < -0.3 is 15.0 Å². The molecule has 0 saturated carbocycles. The summed E-state index contributed by atoms with van der Waals surface area (Å²) in [6, 6.07) is 11.6. The van der Waals surface area contributed by atoms with Crippen LogP contribution in [-0.2, 0) is 16.0 Å². The van der Waals surface area contributed by atoms with Gasteiger partial charge in [-0.1, -0.05) is 24.3 Å². The van der Waals surface area contributed by atoms with Gasteiger partial charge >= 0.3 is 0 Å². The lowest BCUT2D eigenvalue weighted by molar-refractivity contribution is -0.121. The molecule has 0 saturated heterocycles. The monoisotopic (exact) mass is 370 g/mol. The van der Waals surface area contributed by atoms with Gasteiger partial charge in [0.1, 0.15) is 11.6 Å². The van der Waals surface area contributed by atoms with Crippen molar-refractivity contribution in [3.8, 4) is 5.75 Å². The van der Waals surface area contributed by atoms with E-state index in [0.717, 1.165) is 24.0 Å². The summed E-state index contributed by atoms with van der Waals surface area (Å²) in [7, 11) is 1.58. The predicted molar refractivity (Wildman–Crippen MR) is 101 cm³/mol. The summed E-state index contributed by atoms with van der Waals surface area (Å²) in [6.45, 7) is 1.89. The number of rotatable bonds is 5. The zero-order valence-corrected chi connectivity index (χ0v) is 15.5. The van der Waals surface area contributed by atoms with Crippen LogP contribution in [0.3, 0.4) is 0 Å². The number of nitrogens with zero attached hydrogens (tertiary/aromatic N) is 1. The molecular formula is C21H23FN2O3. The minimum absolute atomic E-state index is 0.0552. The van der Waals surface area contributed by atoms with Crippen molar-refractivity contribution in [3.63, 3.8) is 0 Å². The Morgan fingerprint density at radius 2 is 1.96 bits per heavy atom. The fraction of sp³-hybridized carbons (Fsp3) is 0.333. The van der Waals surface area contributed by atoms with Gasteiger partial charge in [-0.3, -0.25) is 9.59 Å². The van der Waals surface area contributed by atoms with Crippen LogP contribution >= 0.6 is 0 Å². The summed E-state index contributed by atoms with van der Waals surface area (Å²) in [5.41, 5.74) is 2.00. The van der Waals surface area contributed by atoms with Crippen molar-refractivity contribution in [2.45, 2.75) is 32.2 Å². The molecule has 0 aliphatic carbocycles. The van der Waals surface area contributed by atoms with Crippen LogP contribution in [0.4, 0.5) is 10.1 Å². The number of para-hydroxylation sites is 1.